The van der Waals surface area contributed by atoms with Crippen molar-refractivity contribution >= 4 is 28.7 Å². The van der Waals surface area contributed by atoms with Crippen molar-refractivity contribution in [2.24, 2.45) is 0 Å². The van der Waals surface area contributed by atoms with E-state index in [2.05, 4.69) is 9.88 Å². The first-order valence-corrected chi connectivity index (χ1v) is 8.97. The maximum atomic E-state index is 12.3. The Morgan fingerprint density at radius 2 is 1.75 bits per heavy atom. The number of nitrogens with zero attached hydrogens (tertiary/aromatic N) is 3. The Labute approximate surface area is 145 Å². The monoisotopic (exact) mass is 343 g/mol. The van der Waals surface area contributed by atoms with E-state index in [9.17, 15) is 9.59 Å². The molecule has 24 heavy (non-hydrogen) atoms. The summed E-state index contributed by atoms with van der Waals surface area (Å²) in [5.41, 5.74) is 1.14. The van der Waals surface area contributed by atoms with E-state index in [1.807, 2.05) is 36.1 Å². The van der Waals surface area contributed by atoms with E-state index in [4.69, 9.17) is 0 Å². The van der Waals surface area contributed by atoms with Gasteiger partial charge in [0.15, 0.2) is 5.78 Å². The van der Waals surface area contributed by atoms with E-state index >= 15 is 0 Å². The second-order valence-electron chi connectivity index (χ2n) is 5.91. The van der Waals surface area contributed by atoms with E-state index < -0.39 is 0 Å². The predicted molar refractivity (Wildman–Crippen MR) is 95.7 cm³/mol. The van der Waals surface area contributed by atoms with Gasteiger partial charge in [-0.05, 0) is 31.2 Å². The van der Waals surface area contributed by atoms with Crippen LogP contribution in [0.3, 0.4) is 0 Å². The van der Waals surface area contributed by atoms with E-state index in [1.54, 1.807) is 12.4 Å². The third-order valence-electron chi connectivity index (χ3n) is 4.24. The molecule has 2 aromatic heterocycles. The van der Waals surface area contributed by atoms with Crippen LogP contribution in [0.5, 0.6) is 0 Å². The number of amides is 1. The van der Waals surface area contributed by atoms with Crippen LogP contribution in [0, 0.1) is 6.92 Å². The van der Waals surface area contributed by atoms with Crippen LogP contribution in [0.4, 0.5) is 5.69 Å². The van der Waals surface area contributed by atoms with Crippen LogP contribution < -0.4 is 4.90 Å². The van der Waals surface area contributed by atoms with Crippen molar-refractivity contribution in [3.8, 4) is 0 Å². The first-order valence-electron chi connectivity index (χ1n) is 8.16. The Morgan fingerprint density at radius 1 is 1.04 bits per heavy atom. The Kier molecular flexibility index (Phi) is 5.25. The molecular weight excluding hydrogens is 322 g/mol. The fourth-order valence-electron chi connectivity index (χ4n) is 2.86. The normalized spacial score (nSPS) is 14.7. The highest BCUT2D eigenvalue weighted by molar-refractivity contribution is 7.14. The van der Waals surface area contributed by atoms with Crippen molar-refractivity contribution in [2.75, 3.05) is 31.1 Å². The first-order chi connectivity index (χ1) is 11.6. The van der Waals surface area contributed by atoms with Crippen LogP contribution in [0.2, 0.25) is 0 Å². The van der Waals surface area contributed by atoms with Crippen LogP contribution in [-0.4, -0.2) is 47.8 Å². The Bertz CT molecular complexity index is 706. The van der Waals surface area contributed by atoms with E-state index in [-0.39, 0.29) is 11.7 Å². The minimum absolute atomic E-state index is 0.0665. The average molecular weight is 343 g/mol. The van der Waals surface area contributed by atoms with Gasteiger partial charge in [-0.15, -0.1) is 11.3 Å². The van der Waals surface area contributed by atoms with Gasteiger partial charge in [-0.2, -0.15) is 0 Å². The molecule has 0 unspecified atom stereocenters. The summed E-state index contributed by atoms with van der Waals surface area (Å²) in [6, 6.07) is 7.76. The molecule has 0 atom stereocenters. The average Bonchev–Trinajstić information content (AvgIpc) is 3.07. The number of thiophene rings is 1. The number of Topliss-reactive ketones (excluding diaryl/α,β-unsaturated/α-hetero) is 1. The van der Waals surface area contributed by atoms with Gasteiger partial charge in [0.05, 0.1) is 4.88 Å². The molecule has 1 saturated heterocycles. The molecule has 5 nitrogen and oxygen atoms in total. The Hall–Kier alpha value is -2.21. The molecule has 2 aromatic rings. The van der Waals surface area contributed by atoms with Crippen molar-refractivity contribution in [1.82, 2.24) is 9.88 Å². The fraction of sp³-hybridized carbons (Fsp3) is 0.389. The zero-order chi connectivity index (χ0) is 16.9. The number of piperazine rings is 1. The van der Waals surface area contributed by atoms with Crippen LogP contribution >= 0.6 is 11.3 Å². The highest BCUT2D eigenvalue weighted by Gasteiger charge is 2.22. The molecule has 6 heteroatoms. The fourth-order valence-corrected chi connectivity index (χ4v) is 3.69. The van der Waals surface area contributed by atoms with Crippen LogP contribution in [0.15, 0.2) is 36.7 Å². The summed E-state index contributed by atoms with van der Waals surface area (Å²) in [5.74, 6) is 0.142. The number of pyridine rings is 1. The standard InChI is InChI=1S/C18H21N3O2S/c1-14-2-4-17(24-14)16(22)3-5-18(23)21-12-10-20(11-13-21)15-6-8-19-9-7-15/h2,4,6-9H,3,5,10-13H2,1H3. The number of hydrogen-bond acceptors (Lipinski definition) is 5. The van der Waals surface area contributed by atoms with Gasteiger partial charge in [0.2, 0.25) is 5.91 Å². The van der Waals surface area contributed by atoms with Crippen LogP contribution in [0.1, 0.15) is 27.4 Å². The van der Waals surface area contributed by atoms with Gasteiger partial charge >= 0.3 is 0 Å². The Morgan fingerprint density at radius 3 is 2.38 bits per heavy atom. The molecule has 0 N–H and O–H groups in total. The summed E-state index contributed by atoms with van der Waals surface area (Å²) >= 11 is 1.49. The van der Waals surface area contributed by atoms with Crippen molar-refractivity contribution in [1.29, 1.82) is 0 Å². The first kappa shape index (κ1) is 16.6. The number of carbonyl (C=O) groups is 2. The number of aromatic nitrogens is 1. The van der Waals surface area contributed by atoms with Gasteiger partial charge in [0.25, 0.3) is 0 Å². The van der Waals surface area contributed by atoms with Crippen LogP contribution in [-0.2, 0) is 4.79 Å². The van der Waals surface area contributed by atoms with Gasteiger partial charge in [0.1, 0.15) is 0 Å². The van der Waals surface area contributed by atoms with Crippen LogP contribution in [0.25, 0.3) is 0 Å². The summed E-state index contributed by atoms with van der Waals surface area (Å²) in [6.45, 7) is 5.01. The zero-order valence-corrected chi connectivity index (χ0v) is 14.6. The number of hydrogen-bond donors (Lipinski definition) is 0. The second-order valence-corrected chi connectivity index (χ2v) is 7.19. The van der Waals surface area contributed by atoms with E-state index in [0.717, 1.165) is 28.5 Å². The molecule has 1 fully saturated rings. The molecule has 3 heterocycles. The highest BCUT2D eigenvalue weighted by Crippen LogP contribution is 2.19. The molecule has 0 bridgehead atoms. The van der Waals surface area contributed by atoms with Gasteiger partial charge in [-0.3, -0.25) is 14.6 Å². The lowest BCUT2D eigenvalue weighted by Gasteiger charge is -2.36. The molecule has 0 saturated carbocycles. The molecule has 3 rings (SSSR count). The lowest BCUT2D eigenvalue weighted by Crippen LogP contribution is -2.48. The van der Waals surface area contributed by atoms with E-state index in [0.29, 0.717) is 25.9 Å². The molecule has 126 valence electrons. The molecule has 0 spiro atoms. The number of anilines is 1. The van der Waals surface area contributed by atoms with Gasteiger partial charge in [-0.1, -0.05) is 0 Å². The third-order valence-corrected chi connectivity index (χ3v) is 5.28. The molecule has 1 aliphatic rings. The van der Waals surface area contributed by atoms with Gasteiger partial charge in [-0.25, -0.2) is 0 Å². The summed E-state index contributed by atoms with van der Waals surface area (Å²) in [7, 11) is 0. The number of aryl methyl sites for hydroxylation is 1. The minimum Gasteiger partial charge on any atom is -0.368 e. The van der Waals surface area contributed by atoms with Crippen molar-refractivity contribution < 1.29 is 9.59 Å². The van der Waals surface area contributed by atoms with Crippen molar-refractivity contribution in [2.45, 2.75) is 19.8 Å². The zero-order valence-electron chi connectivity index (χ0n) is 13.8. The summed E-state index contributed by atoms with van der Waals surface area (Å²) in [4.78, 5) is 34.5. The highest BCUT2D eigenvalue weighted by atomic mass is 32.1. The third kappa shape index (κ3) is 4.00. The van der Waals surface area contributed by atoms with Crippen molar-refractivity contribution in [3.05, 3.63) is 46.4 Å². The Balaban J connectivity index is 1.46. The topological polar surface area (TPSA) is 53.5 Å². The summed E-state index contributed by atoms with van der Waals surface area (Å²) in [6.07, 6.45) is 4.16. The molecule has 0 aliphatic carbocycles. The van der Waals surface area contributed by atoms with Gasteiger partial charge < -0.3 is 9.80 Å². The quantitative estimate of drug-likeness (QED) is 0.784. The summed E-state index contributed by atoms with van der Waals surface area (Å²) < 4.78 is 0. The number of carbonyl (C=O) groups excluding carboxylic acids is 2. The van der Waals surface area contributed by atoms with Crippen molar-refractivity contribution in [3.63, 3.8) is 0 Å². The second kappa shape index (κ2) is 7.57. The number of ketones is 1. The SMILES string of the molecule is Cc1ccc(C(=O)CCC(=O)N2CCN(c3ccncc3)CC2)s1. The lowest BCUT2D eigenvalue weighted by molar-refractivity contribution is -0.131. The minimum atomic E-state index is 0.0665. The smallest absolute Gasteiger partial charge is 0.223 e. The molecular formula is C18H21N3O2S. The maximum Gasteiger partial charge on any atom is 0.223 e. The molecule has 0 radical (unpaired) electrons. The molecule has 0 aromatic carbocycles. The largest absolute Gasteiger partial charge is 0.368 e. The predicted octanol–water partition coefficient (Wildman–Crippen LogP) is 2.76. The maximum absolute atomic E-state index is 12.3. The van der Waals surface area contributed by atoms with E-state index in [1.165, 1.54) is 11.3 Å². The summed E-state index contributed by atoms with van der Waals surface area (Å²) in [5, 5.41) is 0. The van der Waals surface area contributed by atoms with Gasteiger partial charge in [0, 0.05) is 62.0 Å². The molecule has 1 amide bonds. The number of rotatable bonds is 5. The molecule has 1 aliphatic heterocycles. The lowest BCUT2D eigenvalue weighted by atomic mass is 10.1.